The molecule has 5 nitrogen and oxygen atoms in total. The van der Waals surface area contributed by atoms with Gasteiger partial charge in [-0.05, 0) is 12.8 Å². The van der Waals surface area contributed by atoms with E-state index in [0.717, 1.165) is 23.8 Å². The molecule has 1 heterocycles. The zero-order chi connectivity index (χ0) is 10.7. The quantitative estimate of drug-likeness (QED) is 0.773. The first-order valence-corrected chi connectivity index (χ1v) is 4.99. The summed E-state index contributed by atoms with van der Waals surface area (Å²) >= 11 is 0. The lowest BCUT2D eigenvalue weighted by molar-refractivity contribution is 0.394. The molecule has 0 aliphatic carbocycles. The molecule has 1 rings (SSSR count). The van der Waals surface area contributed by atoms with Gasteiger partial charge in [0.25, 0.3) is 0 Å². The fourth-order valence-corrected chi connectivity index (χ4v) is 1.57. The second kappa shape index (κ2) is 4.30. The first kappa shape index (κ1) is 10.8. The van der Waals surface area contributed by atoms with Crippen molar-refractivity contribution in [2.75, 3.05) is 0 Å². The monoisotopic (exact) mass is 199 g/mol. The molecule has 0 aromatic carbocycles. The van der Waals surface area contributed by atoms with E-state index in [-0.39, 0.29) is 17.4 Å². The Morgan fingerprint density at radius 2 is 2.00 bits per heavy atom. The summed E-state index contributed by atoms with van der Waals surface area (Å²) in [4.78, 5) is 22.7. The first-order chi connectivity index (χ1) is 6.61. The van der Waals surface area contributed by atoms with Gasteiger partial charge in [-0.3, -0.25) is 0 Å². The Morgan fingerprint density at radius 1 is 1.36 bits per heavy atom. The van der Waals surface area contributed by atoms with Crippen molar-refractivity contribution in [3.63, 3.8) is 0 Å². The third kappa shape index (κ3) is 1.81. The van der Waals surface area contributed by atoms with Crippen molar-refractivity contribution in [1.82, 2.24) is 14.3 Å². The molecule has 1 N–H and O–H groups in total. The van der Waals surface area contributed by atoms with Gasteiger partial charge in [-0.25, -0.2) is 23.9 Å². The molecule has 1 aromatic rings. The fourth-order valence-electron chi connectivity index (χ4n) is 1.57. The van der Waals surface area contributed by atoms with Crippen LogP contribution in [-0.4, -0.2) is 14.3 Å². The molecule has 0 amide bonds. The standard InChI is InChI=1S/C9H17N3O2/c1-4-6-7(5-2)12-9(14)11(3)8(13)10-12/h7H,4-6H2,1-3H3,(H,10,13). The Morgan fingerprint density at radius 3 is 2.36 bits per heavy atom. The van der Waals surface area contributed by atoms with Gasteiger partial charge in [0.05, 0.1) is 6.04 Å². The third-order valence-corrected chi connectivity index (χ3v) is 2.47. The maximum atomic E-state index is 11.6. The van der Waals surface area contributed by atoms with Crippen LogP contribution in [0.3, 0.4) is 0 Å². The molecule has 0 aliphatic heterocycles. The maximum absolute atomic E-state index is 11.6. The van der Waals surface area contributed by atoms with Gasteiger partial charge < -0.3 is 0 Å². The highest BCUT2D eigenvalue weighted by molar-refractivity contribution is 4.73. The summed E-state index contributed by atoms with van der Waals surface area (Å²) < 4.78 is 2.53. The molecule has 14 heavy (non-hydrogen) atoms. The van der Waals surface area contributed by atoms with Gasteiger partial charge >= 0.3 is 11.4 Å². The Bertz CT molecular complexity index is 399. The summed E-state index contributed by atoms with van der Waals surface area (Å²) in [5.41, 5.74) is -0.597. The van der Waals surface area contributed by atoms with E-state index in [9.17, 15) is 9.59 Å². The summed E-state index contributed by atoms with van der Waals surface area (Å²) in [6.45, 7) is 4.08. The van der Waals surface area contributed by atoms with Crippen molar-refractivity contribution in [2.24, 2.45) is 7.05 Å². The number of aromatic nitrogens is 3. The maximum Gasteiger partial charge on any atom is 0.346 e. The van der Waals surface area contributed by atoms with Crippen LogP contribution < -0.4 is 11.4 Å². The zero-order valence-electron chi connectivity index (χ0n) is 8.91. The molecule has 0 aliphatic rings. The number of H-pyrrole nitrogens is 1. The van der Waals surface area contributed by atoms with Crippen molar-refractivity contribution in [2.45, 2.75) is 39.2 Å². The van der Waals surface area contributed by atoms with E-state index >= 15 is 0 Å². The zero-order valence-corrected chi connectivity index (χ0v) is 8.91. The van der Waals surface area contributed by atoms with Crippen LogP contribution in [-0.2, 0) is 7.05 Å². The summed E-state index contributed by atoms with van der Waals surface area (Å²) in [6.07, 6.45) is 2.77. The highest BCUT2D eigenvalue weighted by Gasteiger charge is 2.13. The van der Waals surface area contributed by atoms with E-state index in [1.54, 1.807) is 0 Å². The number of aromatic amines is 1. The Balaban J connectivity index is 3.11. The topological polar surface area (TPSA) is 59.8 Å². The molecular weight excluding hydrogens is 182 g/mol. The molecule has 1 aromatic heterocycles. The number of nitrogens with zero attached hydrogens (tertiary/aromatic N) is 2. The lowest BCUT2D eigenvalue weighted by Crippen LogP contribution is -2.28. The minimum absolute atomic E-state index is 0.112. The van der Waals surface area contributed by atoms with Crippen molar-refractivity contribution in [1.29, 1.82) is 0 Å². The summed E-state index contributed by atoms with van der Waals surface area (Å²) in [7, 11) is 1.48. The van der Waals surface area contributed by atoms with E-state index in [1.807, 2.05) is 6.92 Å². The molecule has 1 atom stereocenters. The molecule has 0 saturated carbocycles. The van der Waals surface area contributed by atoms with E-state index in [0.29, 0.717) is 0 Å². The van der Waals surface area contributed by atoms with Crippen LogP contribution >= 0.6 is 0 Å². The molecule has 5 heteroatoms. The molecule has 0 fully saturated rings. The van der Waals surface area contributed by atoms with Crippen LogP contribution in [0.5, 0.6) is 0 Å². The van der Waals surface area contributed by atoms with E-state index in [2.05, 4.69) is 12.0 Å². The SMILES string of the molecule is CCCC(CC)n1[nH]c(=O)n(C)c1=O. The molecule has 80 valence electrons. The van der Waals surface area contributed by atoms with E-state index in [1.165, 1.54) is 11.7 Å². The van der Waals surface area contributed by atoms with Gasteiger partial charge in [-0.15, -0.1) is 0 Å². The van der Waals surface area contributed by atoms with Gasteiger partial charge in [0.2, 0.25) is 0 Å². The summed E-state index contributed by atoms with van der Waals surface area (Å²) in [5.74, 6) is 0. The molecule has 0 saturated heterocycles. The lowest BCUT2D eigenvalue weighted by atomic mass is 10.1. The first-order valence-electron chi connectivity index (χ1n) is 4.99. The molecular formula is C9H17N3O2. The van der Waals surface area contributed by atoms with Crippen molar-refractivity contribution in [3.8, 4) is 0 Å². The molecule has 0 spiro atoms. The second-order valence-electron chi connectivity index (χ2n) is 3.48. The average molecular weight is 199 g/mol. The van der Waals surface area contributed by atoms with Gasteiger partial charge in [-0.2, -0.15) is 0 Å². The summed E-state index contributed by atoms with van der Waals surface area (Å²) in [6, 6.07) is 0.112. The predicted molar refractivity (Wildman–Crippen MR) is 54.5 cm³/mol. The van der Waals surface area contributed by atoms with Crippen LogP contribution in [0.1, 0.15) is 39.2 Å². The highest BCUT2D eigenvalue weighted by atomic mass is 16.2. The normalized spacial score (nSPS) is 13.1. The van der Waals surface area contributed by atoms with Crippen LogP contribution in [0.25, 0.3) is 0 Å². The van der Waals surface area contributed by atoms with Crippen molar-refractivity contribution < 1.29 is 0 Å². The smallest absolute Gasteiger partial charge is 0.246 e. The highest BCUT2D eigenvalue weighted by Crippen LogP contribution is 2.13. The molecule has 0 bridgehead atoms. The van der Waals surface area contributed by atoms with E-state index < -0.39 is 0 Å². The minimum atomic E-state index is -0.343. The third-order valence-electron chi connectivity index (χ3n) is 2.47. The van der Waals surface area contributed by atoms with Crippen LogP contribution in [0, 0.1) is 0 Å². The fraction of sp³-hybridized carbons (Fsp3) is 0.778. The lowest BCUT2D eigenvalue weighted by Gasteiger charge is -2.12. The van der Waals surface area contributed by atoms with Crippen molar-refractivity contribution in [3.05, 3.63) is 21.0 Å². The van der Waals surface area contributed by atoms with Crippen LogP contribution in [0.2, 0.25) is 0 Å². The van der Waals surface area contributed by atoms with Crippen molar-refractivity contribution >= 4 is 0 Å². The minimum Gasteiger partial charge on any atom is -0.246 e. The van der Waals surface area contributed by atoms with Gasteiger partial charge in [0, 0.05) is 7.05 Å². The second-order valence-corrected chi connectivity index (χ2v) is 3.48. The van der Waals surface area contributed by atoms with Gasteiger partial charge in [0.1, 0.15) is 0 Å². The number of hydrogen-bond acceptors (Lipinski definition) is 2. The van der Waals surface area contributed by atoms with Gasteiger partial charge in [0.15, 0.2) is 0 Å². The summed E-state index contributed by atoms with van der Waals surface area (Å²) in [5, 5.41) is 2.56. The Kier molecular flexibility index (Phi) is 3.33. The Labute approximate surface area is 82.3 Å². The number of rotatable bonds is 4. The largest absolute Gasteiger partial charge is 0.346 e. The van der Waals surface area contributed by atoms with Crippen LogP contribution in [0.4, 0.5) is 0 Å². The van der Waals surface area contributed by atoms with E-state index in [4.69, 9.17) is 0 Å². The Hall–Kier alpha value is -1.26. The molecule has 0 radical (unpaired) electrons. The number of hydrogen-bond donors (Lipinski definition) is 1. The van der Waals surface area contributed by atoms with Crippen LogP contribution in [0.15, 0.2) is 9.59 Å². The average Bonchev–Trinajstić information content (AvgIpc) is 2.42. The van der Waals surface area contributed by atoms with Gasteiger partial charge in [-0.1, -0.05) is 20.3 Å². The number of nitrogens with one attached hydrogen (secondary N) is 1. The predicted octanol–water partition coefficient (Wildman–Crippen LogP) is 0.626. The molecule has 1 unspecified atom stereocenters.